The molecule has 2 aliphatic rings. The van der Waals surface area contributed by atoms with Gasteiger partial charge in [-0.1, -0.05) is 51.0 Å². The first-order valence-electron chi connectivity index (χ1n) is 12.6. The van der Waals surface area contributed by atoms with Crippen molar-refractivity contribution in [2.75, 3.05) is 0 Å². The Morgan fingerprint density at radius 1 is 0.688 bits per heavy atom. The molecule has 0 saturated carbocycles. The lowest BCUT2D eigenvalue weighted by Gasteiger charge is -2.32. The van der Waals surface area contributed by atoms with Crippen LogP contribution in [0.5, 0.6) is 11.5 Å². The fourth-order valence-corrected chi connectivity index (χ4v) is 5.60. The van der Waals surface area contributed by atoms with Crippen LogP contribution in [0.15, 0.2) is 48.6 Å². The van der Waals surface area contributed by atoms with Gasteiger partial charge in [-0.2, -0.15) is 0 Å². The molecule has 2 unspecified atom stereocenters. The smallest absolute Gasteiger partial charge is 0.118 e. The molecular formula is C30H38O2. The SMILES string of the molecule is CCCc1cc(C2=CCC(C3CC=C(c4ccc(O)c(CCC)c4)CC3)CC2)ccc1O. The van der Waals surface area contributed by atoms with Crippen molar-refractivity contribution in [1.82, 2.24) is 0 Å². The molecule has 0 aliphatic heterocycles. The fraction of sp³-hybridized carbons (Fsp3) is 0.467. The van der Waals surface area contributed by atoms with Crippen LogP contribution in [-0.4, -0.2) is 10.2 Å². The highest BCUT2D eigenvalue weighted by atomic mass is 16.3. The van der Waals surface area contributed by atoms with E-state index in [-0.39, 0.29) is 0 Å². The quantitative estimate of drug-likeness (QED) is 0.466. The number of benzene rings is 2. The van der Waals surface area contributed by atoms with Crippen LogP contribution in [-0.2, 0) is 12.8 Å². The summed E-state index contributed by atoms with van der Waals surface area (Å²) in [6.45, 7) is 4.32. The minimum absolute atomic E-state index is 0.435. The third-order valence-corrected chi connectivity index (χ3v) is 7.51. The number of hydrogen-bond donors (Lipinski definition) is 2. The van der Waals surface area contributed by atoms with Gasteiger partial charge in [0.15, 0.2) is 0 Å². The zero-order valence-corrected chi connectivity index (χ0v) is 19.7. The number of phenols is 2. The lowest BCUT2D eigenvalue weighted by atomic mass is 9.73. The largest absolute Gasteiger partial charge is 0.508 e. The molecule has 2 aromatic rings. The average Bonchev–Trinajstić information content (AvgIpc) is 2.82. The van der Waals surface area contributed by atoms with Crippen LogP contribution in [0.25, 0.3) is 11.1 Å². The summed E-state index contributed by atoms with van der Waals surface area (Å²) in [5, 5.41) is 20.2. The lowest BCUT2D eigenvalue weighted by Crippen LogP contribution is -2.19. The summed E-state index contributed by atoms with van der Waals surface area (Å²) in [6, 6.07) is 12.3. The molecule has 170 valence electrons. The molecule has 2 aromatic carbocycles. The number of aromatic hydroxyl groups is 2. The third-order valence-electron chi connectivity index (χ3n) is 7.51. The predicted molar refractivity (Wildman–Crippen MR) is 135 cm³/mol. The van der Waals surface area contributed by atoms with Crippen molar-refractivity contribution in [2.45, 2.75) is 78.1 Å². The van der Waals surface area contributed by atoms with Crippen molar-refractivity contribution in [1.29, 1.82) is 0 Å². The van der Waals surface area contributed by atoms with Gasteiger partial charge in [-0.3, -0.25) is 0 Å². The van der Waals surface area contributed by atoms with E-state index in [0.29, 0.717) is 11.5 Å². The van der Waals surface area contributed by atoms with Gasteiger partial charge in [-0.05, 0) is 121 Å². The Balaban J connectivity index is 1.39. The molecule has 4 rings (SSSR count). The molecule has 0 bridgehead atoms. The zero-order valence-electron chi connectivity index (χ0n) is 19.7. The summed E-state index contributed by atoms with van der Waals surface area (Å²) < 4.78 is 0. The maximum Gasteiger partial charge on any atom is 0.118 e. The van der Waals surface area contributed by atoms with Crippen LogP contribution in [0.4, 0.5) is 0 Å². The van der Waals surface area contributed by atoms with Gasteiger partial charge in [0.2, 0.25) is 0 Å². The Morgan fingerprint density at radius 3 is 1.47 bits per heavy atom. The van der Waals surface area contributed by atoms with Gasteiger partial charge < -0.3 is 10.2 Å². The lowest BCUT2D eigenvalue weighted by molar-refractivity contribution is 0.292. The van der Waals surface area contributed by atoms with Crippen molar-refractivity contribution >= 4 is 11.1 Å². The molecule has 2 aliphatic carbocycles. The van der Waals surface area contributed by atoms with E-state index >= 15 is 0 Å². The van der Waals surface area contributed by atoms with Crippen LogP contribution < -0.4 is 0 Å². The summed E-state index contributed by atoms with van der Waals surface area (Å²) >= 11 is 0. The summed E-state index contributed by atoms with van der Waals surface area (Å²) in [5.41, 5.74) is 7.66. The van der Waals surface area contributed by atoms with Gasteiger partial charge in [0.1, 0.15) is 11.5 Å². The highest BCUT2D eigenvalue weighted by molar-refractivity contribution is 5.69. The van der Waals surface area contributed by atoms with Crippen molar-refractivity contribution in [3.63, 3.8) is 0 Å². The summed E-state index contributed by atoms with van der Waals surface area (Å²) in [6.07, 6.45) is 16.1. The van der Waals surface area contributed by atoms with Gasteiger partial charge in [-0.25, -0.2) is 0 Å². The maximum absolute atomic E-state index is 10.1. The monoisotopic (exact) mass is 430 g/mol. The highest BCUT2D eigenvalue weighted by Crippen LogP contribution is 2.42. The van der Waals surface area contributed by atoms with Gasteiger partial charge >= 0.3 is 0 Å². The van der Waals surface area contributed by atoms with Crippen LogP contribution in [0, 0.1) is 11.8 Å². The molecule has 0 fully saturated rings. The van der Waals surface area contributed by atoms with E-state index in [2.05, 4.69) is 50.3 Å². The Hall–Kier alpha value is -2.48. The molecule has 0 amide bonds. The van der Waals surface area contributed by atoms with Crippen LogP contribution in [0.2, 0.25) is 0 Å². The minimum Gasteiger partial charge on any atom is -0.508 e. The van der Waals surface area contributed by atoms with Crippen LogP contribution in [0.1, 0.15) is 87.5 Å². The number of allylic oxidation sites excluding steroid dienone is 4. The molecule has 2 atom stereocenters. The van der Waals surface area contributed by atoms with E-state index in [1.165, 1.54) is 48.0 Å². The number of rotatable bonds is 7. The second kappa shape index (κ2) is 10.4. The second-order valence-corrected chi connectivity index (χ2v) is 9.71. The van der Waals surface area contributed by atoms with E-state index in [9.17, 15) is 10.2 Å². The first-order valence-corrected chi connectivity index (χ1v) is 12.6. The molecule has 0 heterocycles. The molecule has 2 heteroatoms. The third kappa shape index (κ3) is 5.11. The first kappa shape index (κ1) is 22.7. The number of aryl methyl sites for hydroxylation is 2. The molecule has 2 nitrogen and oxygen atoms in total. The van der Waals surface area contributed by atoms with Gasteiger partial charge in [0.25, 0.3) is 0 Å². The van der Waals surface area contributed by atoms with E-state index in [0.717, 1.165) is 61.5 Å². The Bertz CT molecular complexity index is 916. The molecule has 2 N–H and O–H groups in total. The fourth-order valence-electron chi connectivity index (χ4n) is 5.60. The molecule has 0 saturated heterocycles. The van der Waals surface area contributed by atoms with Gasteiger partial charge in [0, 0.05) is 0 Å². The van der Waals surface area contributed by atoms with Crippen molar-refractivity contribution in [3.8, 4) is 11.5 Å². The first-order chi connectivity index (χ1) is 15.6. The predicted octanol–water partition coefficient (Wildman–Crippen LogP) is 8.07. The maximum atomic E-state index is 10.1. The van der Waals surface area contributed by atoms with E-state index < -0.39 is 0 Å². The summed E-state index contributed by atoms with van der Waals surface area (Å²) in [5.74, 6) is 2.42. The molecule has 0 radical (unpaired) electrons. The van der Waals surface area contributed by atoms with E-state index in [1.807, 2.05) is 12.1 Å². The summed E-state index contributed by atoms with van der Waals surface area (Å²) in [7, 11) is 0. The van der Waals surface area contributed by atoms with Gasteiger partial charge in [-0.15, -0.1) is 0 Å². The van der Waals surface area contributed by atoms with Gasteiger partial charge in [0.05, 0.1) is 0 Å². The Kier molecular flexibility index (Phi) is 7.40. The molecular weight excluding hydrogens is 392 g/mol. The topological polar surface area (TPSA) is 40.5 Å². The highest BCUT2D eigenvalue weighted by Gasteiger charge is 2.26. The average molecular weight is 431 g/mol. The molecule has 32 heavy (non-hydrogen) atoms. The Labute approximate surface area is 193 Å². The standard InChI is InChI=1S/C30H38O2/c1-3-5-27-19-25(15-17-29(27)31)23-11-7-21(8-12-23)22-9-13-24(14-10-22)26-16-18-30(32)28(20-26)6-4-2/h11,13,15-22,31-32H,3-10,12,14H2,1-2H3. The molecule has 0 spiro atoms. The normalized spacial score (nSPS) is 21.2. The van der Waals surface area contributed by atoms with Crippen LogP contribution >= 0.6 is 0 Å². The summed E-state index contributed by atoms with van der Waals surface area (Å²) in [4.78, 5) is 0. The van der Waals surface area contributed by atoms with Crippen LogP contribution in [0.3, 0.4) is 0 Å². The number of hydrogen-bond acceptors (Lipinski definition) is 2. The number of phenolic OH excluding ortho intramolecular Hbond substituents is 2. The van der Waals surface area contributed by atoms with E-state index in [1.54, 1.807) is 0 Å². The van der Waals surface area contributed by atoms with Crippen molar-refractivity contribution < 1.29 is 10.2 Å². The van der Waals surface area contributed by atoms with E-state index in [4.69, 9.17) is 0 Å². The van der Waals surface area contributed by atoms with Crippen molar-refractivity contribution in [2.24, 2.45) is 11.8 Å². The Morgan fingerprint density at radius 2 is 1.12 bits per heavy atom. The second-order valence-electron chi connectivity index (χ2n) is 9.71. The molecule has 0 aromatic heterocycles. The minimum atomic E-state index is 0.435. The van der Waals surface area contributed by atoms with Crippen molar-refractivity contribution in [3.05, 3.63) is 70.8 Å². The zero-order chi connectivity index (χ0) is 22.5.